The van der Waals surface area contributed by atoms with Crippen LogP contribution in [-0.4, -0.2) is 30.3 Å². The van der Waals surface area contributed by atoms with Crippen molar-refractivity contribution in [2.24, 2.45) is 5.73 Å². The molecular formula is C12H15F3N2O2S2. The van der Waals surface area contributed by atoms with Crippen molar-refractivity contribution in [3.8, 4) is 0 Å². The van der Waals surface area contributed by atoms with E-state index in [1.54, 1.807) is 13.8 Å². The molecular weight excluding hydrogens is 325 g/mol. The van der Waals surface area contributed by atoms with Crippen molar-refractivity contribution in [3.63, 3.8) is 0 Å². The monoisotopic (exact) mass is 340 g/mol. The van der Waals surface area contributed by atoms with Crippen molar-refractivity contribution in [2.45, 2.75) is 31.0 Å². The highest BCUT2D eigenvalue weighted by molar-refractivity contribution is 7.89. The molecule has 0 amide bonds. The quantitative estimate of drug-likeness (QED) is 0.836. The average molecular weight is 340 g/mol. The van der Waals surface area contributed by atoms with Crippen molar-refractivity contribution in [2.75, 3.05) is 6.54 Å². The summed E-state index contributed by atoms with van der Waals surface area (Å²) < 4.78 is 63.9. The summed E-state index contributed by atoms with van der Waals surface area (Å²) in [5.74, 6) is 0. The number of nitrogens with two attached hydrogens (primary N) is 1. The summed E-state index contributed by atoms with van der Waals surface area (Å²) in [6.07, 6.45) is -4.61. The number of benzene rings is 1. The van der Waals surface area contributed by atoms with E-state index in [2.05, 4.69) is 12.2 Å². The van der Waals surface area contributed by atoms with Gasteiger partial charge in [0.2, 0.25) is 10.0 Å². The highest BCUT2D eigenvalue weighted by Gasteiger charge is 2.33. The maximum atomic E-state index is 12.7. The molecule has 2 N–H and O–H groups in total. The van der Waals surface area contributed by atoms with Gasteiger partial charge >= 0.3 is 6.18 Å². The lowest BCUT2D eigenvalue weighted by atomic mass is 10.2. The molecule has 0 aliphatic rings. The van der Waals surface area contributed by atoms with Crippen molar-refractivity contribution < 1.29 is 21.6 Å². The van der Waals surface area contributed by atoms with Crippen molar-refractivity contribution in [3.05, 3.63) is 29.8 Å². The number of rotatable bonds is 5. The van der Waals surface area contributed by atoms with Gasteiger partial charge in [0, 0.05) is 6.04 Å². The molecule has 0 unspecified atom stereocenters. The maximum Gasteiger partial charge on any atom is 0.416 e. The molecule has 21 heavy (non-hydrogen) atoms. The first-order valence-corrected chi connectivity index (χ1v) is 7.78. The zero-order valence-corrected chi connectivity index (χ0v) is 13.0. The molecule has 0 atom stereocenters. The molecule has 0 aromatic heterocycles. The molecule has 0 saturated carbocycles. The summed E-state index contributed by atoms with van der Waals surface area (Å²) in [4.78, 5) is -0.499. The summed E-state index contributed by atoms with van der Waals surface area (Å²) in [6.45, 7) is 2.94. The van der Waals surface area contributed by atoms with Crippen LogP contribution >= 0.6 is 12.2 Å². The number of alkyl halides is 3. The SMILES string of the molecule is CC(C)N(CC(N)=S)S(=O)(=O)c1cccc(C(F)(F)F)c1. The van der Waals surface area contributed by atoms with E-state index >= 15 is 0 Å². The van der Waals surface area contributed by atoms with E-state index in [1.807, 2.05) is 0 Å². The predicted octanol–water partition coefficient (Wildman–Crippen LogP) is 2.39. The molecule has 0 fully saturated rings. The van der Waals surface area contributed by atoms with Crippen LogP contribution in [0.25, 0.3) is 0 Å². The minimum absolute atomic E-state index is 0.0562. The Morgan fingerprint density at radius 2 is 1.95 bits per heavy atom. The van der Waals surface area contributed by atoms with Gasteiger partial charge in [0.05, 0.1) is 22.0 Å². The number of thiocarbonyl (C=S) groups is 1. The third-order valence-corrected chi connectivity index (χ3v) is 4.80. The molecule has 0 aliphatic carbocycles. The van der Waals surface area contributed by atoms with Gasteiger partial charge in [0.1, 0.15) is 0 Å². The first-order chi connectivity index (χ1) is 9.46. The van der Waals surface area contributed by atoms with Crippen LogP contribution in [0.3, 0.4) is 0 Å². The zero-order valence-electron chi connectivity index (χ0n) is 11.4. The molecule has 0 heterocycles. The highest BCUT2D eigenvalue weighted by Crippen LogP contribution is 2.31. The van der Waals surface area contributed by atoms with Gasteiger partial charge in [-0.2, -0.15) is 17.5 Å². The largest absolute Gasteiger partial charge is 0.416 e. The molecule has 1 rings (SSSR count). The van der Waals surface area contributed by atoms with Gasteiger partial charge in [-0.25, -0.2) is 8.42 Å². The second-order valence-corrected chi connectivity index (χ2v) is 7.05. The van der Waals surface area contributed by atoms with E-state index in [0.29, 0.717) is 6.07 Å². The summed E-state index contributed by atoms with van der Waals surface area (Å²) in [6, 6.07) is 3.08. The number of hydrogen-bond acceptors (Lipinski definition) is 3. The summed E-state index contributed by atoms with van der Waals surface area (Å²) in [5, 5.41) is 0. The van der Waals surface area contributed by atoms with Gasteiger partial charge in [-0.15, -0.1) is 0 Å². The van der Waals surface area contributed by atoms with E-state index in [-0.39, 0.29) is 11.5 Å². The van der Waals surface area contributed by atoms with Crippen LogP contribution in [0.2, 0.25) is 0 Å². The Hall–Kier alpha value is -1.19. The number of halogens is 3. The minimum Gasteiger partial charge on any atom is -0.392 e. The van der Waals surface area contributed by atoms with Crippen LogP contribution < -0.4 is 5.73 Å². The molecule has 0 saturated heterocycles. The van der Waals surface area contributed by atoms with Crippen LogP contribution in [0.5, 0.6) is 0 Å². The Kier molecular flexibility index (Phi) is 5.35. The molecule has 1 aromatic carbocycles. The molecule has 118 valence electrons. The molecule has 9 heteroatoms. The summed E-state index contributed by atoms with van der Waals surface area (Å²) >= 11 is 4.69. The Labute approximate surface area is 126 Å². The van der Waals surface area contributed by atoms with E-state index < -0.39 is 32.7 Å². The third-order valence-electron chi connectivity index (χ3n) is 2.66. The lowest BCUT2D eigenvalue weighted by molar-refractivity contribution is -0.137. The first kappa shape index (κ1) is 17.9. The molecule has 0 spiro atoms. The Balaban J connectivity index is 3.32. The fourth-order valence-electron chi connectivity index (χ4n) is 1.67. The van der Waals surface area contributed by atoms with Crippen molar-refractivity contribution in [1.29, 1.82) is 0 Å². The summed E-state index contributed by atoms with van der Waals surface area (Å²) in [5.41, 5.74) is 4.33. The van der Waals surface area contributed by atoms with Crippen molar-refractivity contribution in [1.82, 2.24) is 4.31 Å². The van der Waals surface area contributed by atoms with Crippen molar-refractivity contribution >= 4 is 27.2 Å². The molecule has 0 aliphatic heterocycles. The third kappa shape index (κ3) is 4.39. The smallest absolute Gasteiger partial charge is 0.392 e. The van der Waals surface area contributed by atoms with E-state index in [0.717, 1.165) is 22.5 Å². The maximum absolute atomic E-state index is 12.7. The van der Waals surface area contributed by atoms with Gasteiger partial charge in [0.15, 0.2) is 0 Å². The lowest BCUT2D eigenvalue weighted by Crippen LogP contribution is -2.42. The number of nitrogens with zero attached hydrogens (tertiary/aromatic N) is 1. The fourth-order valence-corrected chi connectivity index (χ4v) is 3.55. The van der Waals surface area contributed by atoms with Crippen LogP contribution in [0.4, 0.5) is 13.2 Å². The Bertz CT molecular complexity index is 628. The van der Waals surface area contributed by atoms with Gasteiger partial charge < -0.3 is 5.73 Å². The van der Waals surface area contributed by atoms with E-state index in [1.165, 1.54) is 0 Å². The molecule has 4 nitrogen and oxygen atoms in total. The van der Waals surface area contributed by atoms with E-state index in [4.69, 9.17) is 5.73 Å². The Morgan fingerprint density at radius 1 is 1.38 bits per heavy atom. The van der Waals surface area contributed by atoms with Crippen LogP contribution in [0.15, 0.2) is 29.2 Å². The topological polar surface area (TPSA) is 63.4 Å². The zero-order chi connectivity index (χ0) is 16.4. The van der Waals surface area contributed by atoms with Crippen LogP contribution in [0.1, 0.15) is 19.4 Å². The van der Waals surface area contributed by atoms with Gasteiger partial charge in [0.25, 0.3) is 0 Å². The molecule has 0 bridgehead atoms. The number of hydrogen-bond donors (Lipinski definition) is 1. The predicted molar refractivity (Wildman–Crippen MR) is 77.3 cm³/mol. The standard InChI is InChI=1S/C12H15F3N2O2S2/c1-8(2)17(7-11(16)20)21(18,19)10-5-3-4-9(6-10)12(13,14)15/h3-6,8H,7H2,1-2H3,(H2,16,20). The fraction of sp³-hybridized carbons (Fsp3) is 0.417. The van der Waals surface area contributed by atoms with Gasteiger partial charge in [-0.3, -0.25) is 0 Å². The second-order valence-electron chi connectivity index (χ2n) is 4.64. The second kappa shape index (κ2) is 6.29. The average Bonchev–Trinajstić information content (AvgIpc) is 2.34. The lowest BCUT2D eigenvalue weighted by Gasteiger charge is -2.25. The van der Waals surface area contributed by atoms with Gasteiger partial charge in [-0.05, 0) is 32.0 Å². The van der Waals surface area contributed by atoms with Crippen LogP contribution in [-0.2, 0) is 16.2 Å². The molecule has 1 aromatic rings. The minimum atomic E-state index is -4.61. The van der Waals surface area contributed by atoms with E-state index in [9.17, 15) is 21.6 Å². The Morgan fingerprint density at radius 3 is 2.38 bits per heavy atom. The normalized spacial score (nSPS) is 12.9. The number of sulfonamides is 1. The molecule has 0 radical (unpaired) electrons. The highest BCUT2D eigenvalue weighted by atomic mass is 32.2. The first-order valence-electron chi connectivity index (χ1n) is 5.93. The van der Waals surface area contributed by atoms with Gasteiger partial charge in [-0.1, -0.05) is 18.3 Å². The summed E-state index contributed by atoms with van der Waals surface area (Å²) in [7, 11) is -4.11. The van der Waals surface area contributed by atoms with Crippen LogP contribution in [0, 0.1) is 0 Å².